The summed E-state index contributed by atoms with van der Waals surface area (Å²) in [5.41, 5.74) is 3.26. The largest absolute Gasteiger partial charge is 0.396 e. The Bertz CT molecular complexity index is 1510. The van der Waals surface area contributed by atoms with E-state index in [1.54, 1.807) is 48.3 Å². The number of nitrogens with one attached hydrogen (secondary N) is 1. The van der Waals surface area contributed by atoms with Gasteiger partial charge in [-0.25, -0.2) is 8.42 Å². The monoisotopic (exact) mass is 566 g/mol. The number of hydrogen-bond acceptors (Lipinski definition) is 8. The predicted molar refractivity (Wildman–Crippen MR) is 152 cm³/mol. The lowest BCUT2D eigenvalue weighted by Crippen LogP contribution is -2.31. The van der Waals surface area contributed by atoms with Crippen LogP contribution < -0.4 is 4.72 Å². The van der Waals surface area contributed by atoms with Crippen molar-refractivity contribution >= 4 is 38.4 Å². The Morgan fingerprint density at radius 1 is 0.949 bits per heavy atom. The third-order valence-corrected chi connectivity index (χ3v) is 8.94. The first kappa shape index (κ1) is 27.6. The van der Waals surface area contributed by atoms with Gasteiger partial charge in [-0.05, 0) is 35.4 Å². The van der Waals surface area contributed by atoms with Crippen LogP contribution in [-0.2, 0) is 26.1 Å². The molecular weight excluding hydrogens is 536 g/mol. The number of anilines is 1. The van der Waals surface area contributed by atoms with E-state index >= 15 is 0 Å². The number of pyridine rings is 1. The van der Waals surface area contributed by atoms with E-state index in [-0.39, 0.29) is 30.3 Å². The van der Waals surface area contributed by atoms with E-state index in [1.165, 1.54) is 6.07 Å². The van der Waals surface area contributed by atoms with Crippen LogP contribution in [0.15, 0.2) is 90.0 Å². The van der Waals surface area contributed by atoms with Crippen LogP contribution in [0.2, 0.25) is 0 Å². The summed E-state index contributed by atoms with van der Waals surface area (Å²) in [6.45, 7) is 0.0628. The smallest absolute Gasteiger partial charge is 0.264 e. The number of thioether (sulfide) groups is 1. The minimum absolute atomic E-state index is 0.0322. The van der Waals surface area contributed by atoms with Gasteiger partial charge in [-0.1, -0.05) is 54.6 Å². The maximum atomic E-state index is 13.3. The standard InChI is InChI=1S/C29H30N2O6S2/c32-14-15-38-19-25-17-26(21-11-9-20(18-33)10-12-21)37-29(36-25)23-5-1-7-24(16-23)31-39(34,35)27-8-2-4-22-6-3-13-30-28(22)27/h1-13,16,25-26,29,31-33H,14-15,17-19H2/t25-,26+,29?/m0/s1. The second-order valence-corrected chi connectivity index (χ2v) is 12.0. The Labute approximate surface area is 232 Å². The molecule has 204 valence electrons. The van der Waals surface area contributed by atoms with Gasteiger partial charge in [0, 0.05) is 40.8 Å². The van der Waals surface area contributed by atoms with Crippen molar-refractivity contribution in [2.75, 3.05) is 22.8 Å². The Morgan fingerprint density at radius 3 is 2.54 bits per heavy atom. The molecule has 0 radical (unpaired) electrons. The summed E-state index contributed by atoms with van der Waals surface area (Å²) in [5.74, 6) is 1.30. The van der Waals surface area contributed by atoms with Gasteiger partial charge >= 0.3 is 0 Å². The van der Waals surface area contributed by atoms with Crippen LogP contribution in [0.3, 0.4) is 0 Å². The number of aromatic nitrogens is 1. The predicted octanol–water partition coefficient (Wildman–Crippen LogP) is 4.80. The van der Waals surface area contributed by atoms with E-state index in [9.17, 15) is 18.6 Å². The molecule has 0 spiro atoms. The molecule has 2 heterocycles. The van der Waals surface area contributed by atoms with Crippen molar-refractivity contribution in [3.05, 3.63) is 102 Å². The van der Waals surface area contributed by atoms with Gasteiger partial charge in [0.15, 0.2) is 6.29 Å². The molecule has 1 aromatic heterocycles. The molecule has 10 heteroatoms. The van der Waals surface area contributed by atoms with Gasteiger partial charge in [-0.15, -0.1) is 0 Å². The highest BCUT2D eigenvalue weighted by Gasteiger charge is 2.32. The summed E-state index contributed by atoms with van der Waals surface area (Å²) >= 11 is 1.61. The Hall–Kier alpha value is -2.99. The highest BCUT2D eigenvalue weighted by atomic mass is 32.2. The molecule has 0 aliphatic carbocycles. The molecule has 1 saturated heterocycles. The number of benzene rings is 3. The maximum Gasteiger partial charge on any atom is 0.264 e. The summed E-state index contributed by atoms with van der Waals surface area (Å²) < 4.78 is 42.0. The van der Waals surface area contributed by atoms with E-state index in [1.807, 2.05) is 42.5 Å². The van der Waals surface area contributed by atoms with Crippen LogP contribution in [0.25, 0.3) is 10.9 Å². The molecular formula is C29H30N2O6S2. The van der Waals surface area contributed by atoms with Crippen LogP contribution in [0.4, 0.5) is 5.69 Å². The van der Waals surface area contributed by atoms with Gasteiger partial charge in [-0.2, -0.15) is 11.8 Å². The normalized spacial score (nSPS) is 19.7. The fourth-order valence-electron chi connectivity index (χ4n) is 4.55. The third-order valence-electron chi connectivity index (χ3n) is 6.45. The van der Waals surface area contributed by atoms with Crippen molar-refractivity contribution in [1.82, 2.24) is 4.98 Å². The summed E-state index contributed by atoms with van der Waals surface area (Å²) in [7, 11) is -3.92. The maximum absolute atomic E-state index is 13.3. The van der Waals surface area contributed by atoms with Gasteiger partial charge in [-0.3, -0.25) is 9.71 Å². The lowest BCUT2D eigenvalue weighted by Gasteiger charge is -2.36. The number of aliphatic hydroxyl groups excluding tert-OH is 2. The minimum atomic E-state index is -3.92. The number of rotatable bonds is 10. The van der Waals surface area contributed by atoms with Crippen molar-refractivity contribution in [2.45, 2.75) is 36.4 Å². The van der Waals surface area contributed by atoms with Crippen LogP contribution in [0, 0.1) is 0 Å². The van der Waals surface area contributed by atoms with Crippen molar-refractivity contribution in [3.63, 3.8) is 0 Å². The summed E-state index contributed by atoms with van der Waals surface area (Å²) in [4.78, 5) is 4.38. The van der Waals surface area contributed by atoms with Gasteiger partial charge in [0.1, 0.15) is 4.90 Å². The average Bonchev–Trinajstić information content (AvgIpc) is 2.97. The van der Waals surface area contributed by atoms with E-state index in [4.69, 9.17) is 9.47 Å². The minimum Gasteiger partial charge on any atom is -0.396 e. The van der Waals surface area contributed by atoms with Crippen molar-refractivity contribution in [2.24, 2.45) is 0 Å². The summed E-state index contributed by atoms with van der Waals surface area (Å²) in [6, 6.07) is 23.3. The highest BCUT2D eigenvalue weighted by Crippen LogP contribution is 2.39. The summed E-state index contributed by atoms with van der Waals surface area (Å²) in [5, 5.41) is 19.3. The SMILES string of the molecule is O=S(=O)(Nc1cccc(C2O[C@H](CSCCO)C[C@H](c3ccc(CO)cc3)O2)c1)c1cccc2cccnc12. The van der Waals surface area contributed by atoms with Gasteiger partial charge < -0.3 is 19.7 Å². The molecule has 0 bridgehead atoms. The molecule has 1 fully saturated rings. The number of aliphatic hydroxyl groups is 2. The number of para-hydroxylation sites is 1. The first-order valence-corrected chi connectivity index (χ1v) is 15.3. The topological polar surface area (TPSA) is 118 Å². The zero-order valence-electron chi connectivity index (χ0n) is 21.1. The number of sulfonamides is 1. The zero-order chi connectivity index (χ0) is 27.2. The second-order valence-electron chi connectivity index (χ2n) is 9.21. The number of nitrogens with zero attached hydrogens (tertiary/aromatic N) is 1. The molecule has 0 saturated carbocycles. The second kappa shape index (κ2) is 12.5. The Balaban J connectivity index is 1.39. The first-order chi connectivity index (χ1) is 19.0. The van der Waals surface area contributed by atoms with Crippen molar-refractivity contribution in [3.8, 4) is 0 Å². The summed E-state index contributed by atoms with van der Waals surface area (Å²) in [6.07, 6.45) is 1.10. The number of fused-ring (bicyclic) bond motifs is 1. The molecule has 1 aliphatic rings. The lowest BCUT2D eigenvalue weighted by molar-refractivity contribution is -0.245. The fourth-order valence-corrected chi connectivity index (χ4v) is 6.56. The van der Waals surface area contributed by atoms with Gasteiger partial charge in [0.05, 0.1) is 30.9 Å². The van der Waals surface area contributed by atoms with E-state index in [0.717, 1.165) is 16.5 Å². The molecule has 8 nitrogen and oxygen atoms in total. The molecule has 1 unspecified atom stereocenters. The van der Waals surface area contributed by atoms with E-state index in [2.05, 4.69) is 9.71 Å². The Morgan fingerprint density at radius 2 is 1.74 bits per heavy atom. The van der Waals surface area contributed by atoms with E-state index in [0.29, 0.717) is 34.7 Å². The molecule has 0 amide bonds. The molecule has 4 aromatic rings. The first-order valence-electron chi connectivity index (χ1n) is 12.6. The quantitative estimate of drug-likeness (QED) is 0.234. The number of ether oxygens (including phenoxy) is 2. The van der Waals surface area contributed by atoms with Crippen LogP contribution in [-0.4, -0.2) is 47.8 Å². The van der Waals surface area contributed by atoms with Gasteiger partial charge in [0.25, 0.3) is 10.0 Å². The van der Waals surface area contributed by atoms with Crippen molar-refractivity contribution in [1.29, 1.82) is 0 Å². The molecule has 3 N–H and O–H groups in total. The molecule has 3 aromatic carbocycles. The van der Waals surface area contributed by atoms with Crippen LogP contribution in [0.1, 0.15) is 35.5 Å². The van der Waals surface area contributed by atoms with Crippen molar-refractivity contribution < 1.29 is 28.1 Å². The van der Waals surface area contributed by atoms with E-state index < -0.39 is 16.3 Å². The molecule has 5 rings (SSSR count). The third kappa shape index (κ3) is 6.60. The van der Waals surface area contributed by atoms with Crippen LogP contribution in [0.5, 0.6) is 0 Å². The van der Waals surface area contributed by atoms with Crippen LogP contribution >= 0.6 is 11.8 Å². The zero-order valence-corrected chi connectivity index (χ0v) is 22.8. The Kier molecular flexibility index (Phi) is 8.81. The molecule has 39 heavy (non-hydrogen) atoms. The fraction of sp³-hybridized carbons (Fsp3) is 0.276. The highest BCUT2D eigenvalue weighted by molar-refractivity contribution is 7.99. The van der Waals surface area contributed by atoms with Gasteiger partial charge in [0.2, 0.25) is 0 Å². The number of hydrogen-bond donors (Lipinski definition) is 3. The average molecular weight is 567 g/mol. The molecule has 3 atom stereocenters. The lowest BCUT2D eigenvalue weighted by atomic mass is 10.0. The molecule has 1 aliphatic heterocycles.